The van der Waals surface area contributed by atoms with Crippen molar-refractivity contribution in [3.8, 4) is 0 Å². The van der Waals surface area contributed by atoms with Crippen molar-refractivity contribution in [3.05, 3.63) is 0 Å². The number of sulfonamides is 1. The zero-order valence-electron chi connectivity index (χ0n) is 8.02. The van der Waals surface area contributed by atoms with Gasteiger partial charge in [0.05, 0.1) is 7.11 Å². The van der Waals surface area contributed by atoms with Crippen LogP contribution < -0.4 is 5.32 Å². The van der Waals surface area contributed by atoms with Gasteiger partial charge in [0.15, 0.2) is 5.75 Å². The molecule has 82 valence electrons. The van der Waals surface area contributed by atoms with E-state index in [-0.39, 0.29) is 0 Å². The molecule has 0 aliphatic carbocycles. The van der Waals surface area contributed by atoms with E-state index in [4.69, 9.17) is 0 Å². The van der Waals surface area contributed by atoms with Crippen LogP contribution in [-0.2, 0) is 19.6 Å². The Kier molecular flexibility index (Phi) is 3.85. The second kappa shape index (κ2) is 4.72. The number of hydrogen-bond donors (Lipinski definition) is 1. The van der Waals surface area contributed by atoms with Crippen LogP contribution in [-0.4, -0.2) is 57.7 Å². The van der Waals surface area contributed by atoms with Gasteiger partial charge in [-0.05, 0) is 0 Å². The fraction of sp³-hybridized carbons (Fsp3) is 0.857. The molecule has 7 heteroatoms. The van der Waals surface area contributed by atoms with E-state index >= 15 is 0 Å². The topological polar surface area (TPSA) is 75.7 Å². The number of hydrogen-bond acceptors (Lipinski definition) is 5. The minimum atomic E-state index is -3.48. The first kappa shape index (κ1) is 11.4. The van der Waals surface area contributed by atoms with Gasteiger partial charge in [-0.3, -0.25) is 4.79 Å². The molecule has 1 heterocycles. The molecule has 0 aromatic rings. The van der Waals surface area contributed by atoms with Crippen molar-refractivity contribution in [2.45, 2.75) is 0 Å². The minimum Gasteiger partial charge on any atom is -0.468 e. The lowest BCUT2D eigenvalue weighted by atomic mass is 10.4. The highest BCUT2D eigenvalue weighted by atomic mass is 32.2. The Bertz CT molecular complexity index is 295. The third kappa shape index (κ3) is 2.93. The number of carbonyl (C=O) groups excluding carboxylic acids is 1. The van der Waals surface area contributed by atoms with Crippen LogP contribution in [0.4, 0.5) is 0 Å². The Morgan fingerprint density at radius 3 is 2.50 bits per heavy atom. The van der Waals surface area contributed by atoms with E-state index < -0.39 is 21.7 Å². The molecule has 0 bridgehead atoms. The van der Waals surface area contributed by atoms with Crippen molar-refractivity contribution in [1.82, 2.24) is 9.62 Å². The van der Waals surface area contributed by atoms with Crippen LogP contribution in [0.5, 0.6) is 0 Å². The summed E-state index contributed by atoms with van der Waals surface area (Å²) in [5.74, 6) is -1.28. The number of rotatable bonds is 3. The Balaban J connectivity index is 2.59. The molecule has 6 nitrogen and oxygen atoms in total. The van der Waals surface area contributed by atoms with E-state index in [1.54, 1.807) is 0 Å². The average Bonchev–Trinajstić information content (AvgIpc) is 2.18. The van der Waals surface area contributed by atoms with Gasteiger partial charge in [-0.2, -0.15) is 4.31 Å². The number of ether oxygens (including phenoxy) is 1. The third-order valence-corrected chi connectivity index (χ3v) is 3.75. The molecule has 1 fully saturated rings. The van der Waals surface area contributed by atoms with Gasteiger partial charge in [-0.15, -0.1) is 0 Å². The Morgan fingerprint density at radius 1 is 1.43 bits per heavy atom. The summed E-state index contributed by atoms with van der Waals surface area (Å²) >= 11 is 0. The van der Waals surface area contributed by atoms with Crippen molar-refractivity contribution < 1.29 is 17.9 Å². The van der Waals surface area contributed by atoms with Crippen LogP contribution >= 0.6 is 0 Å². The largest absolute Gasteiger partial charge is 0.468 e. The highest BCUT2D eigenvalue weighted by Crippen LogP contribution is 2.03. The zero-order valence-corrected chi connectivity index (χ0v) is 8.84. The standard InChI is InChI=1S/C7H14N2O4S/c1-13-7(10)6-14(11,12)9-4-2-8-3-5-9/h8H,2-6H2,1H3. The lowest BCUT2D eigenvalue weighted by molar-refractivity contribution is -0.137. The van der Waals surface area contributed by atoms with Crippen LogP contribution in [0.1, 0.15) is 0 Å². The number of nitrogens with zero attached hydrogens (tertiary/aromatic N) is 1. The lowest BCUT2D eigenvalue weighted by Crippen LogP contribution is -2.47. The van der Waals surface area contributed by atoms with Crippen molar-refractivity contribution in [2.24, 2.45) is 0 Å². The maximum atomic E-state index is 11.6. The molecule has 0 aromatic carbocycles. The molecule has 1 N–H and O–H groups in total. The molecule has 1 saturated heterocycles. The van der Waals surface area contributed by atoms with E-state index in [1.807, 2.05) is 0 Å². The van der Waals surface area contributed by atoms with Crippen molar-refractivity contribution in [3.63, 3.8) is 0 Å². The number of esters is 1. The van der Waals surface area contributed by atoms with E-state index in [2.05, 4.69) is 10.1 Å². The van der Waals surface area contributed by atoms with E-state index in [9.17, 15) is 13.2 Å². The van der Waals surface area contributed by atoms with Gasteiger partial charge in [-0.1, -0.05) is 0 Å². The van der Waals surface area contributed by atoms with Crippen LogP contribution in [0.15, 0.2) is 0 Å². The highest BCUT2D eigenvalue weighted by molar-refractivity contribution is 7.89. The molecule has 14 heavy (non-hydrogen) atoms. The summed E-state index contributed by atoms with van der Waals surface area (Å²) in [5.41, 5.74) is 0. The summed E-state index contributed by atoms with van der Waals surface area (Å²) in [4.78, 5) is 10.8. The normalized spacial score (nSPS) is 19.2. The first-order chi connectivity index (χ1) is 6.56. The predicted molar refractivity (Wildman–Crippen MR) is 50.2 cm³/mol. The summed E-state index contributed by atoms with van der Waals surface area (Å²) in [5, 5.41) is 3.03. The Labute approximate surface area is 83.3 Å². The molecule has 1 aliphatic rings. The number of piperazine rings is 1. The summed E-state index contributed by atoms with van der Waals surface area (Å²) in [7, 11) is -2.30. The zero-order chi connectivity index (χ0) is 10.6. The maximum absolute atomic E-state index is 11.6. The molecule has 0 aromatic heterocycles. The van der Waals surface area contributed by atoms with Gasteiger partial charge in [0.1, 0.15) is 0 Å². The summed E-state index contributed by atoms with van der Waals surface area (Å²) < 4.78 is 28.7. The van der Waals surface area contributed by atoms with Crippen molar-refractivity contribution in [1.29, 1.82) is 0 Å². The summed E-state index contributed by atoms with van der Waals surface area (Å²) in [6, 6.07) is 0. The van der Waals surface area contributed by atoms with Gasteiger partial charge < -0.3 is 10.1 Å². The molecule has 0 radical (unpaired) electrons. The molecule has 0 saturated carbocycles. The summed E-state index contributed by atoms with van der Waals surface area (Å²) in [6.45, 7) is 2.08. The van der Waals surface area contributed by atoms with Gasteiger partial charge >= 0.3 is 5.97 Å². The monoisotopic (exact) mass is 222 g/mol. The molecule has 1 aliphatic heterocycles. The predicted octanol–water partition coefficient (Wildman–Crippen LogP) is -1.61. The maximum Gasteiger partial charge on any atom is 0.322 e. The fourth-order valence-electron chi connectivity index (χ4n) is 1.22. The number of carbonyl (C=O) groups is 1. The second-order valence-electron chi connectivity index (χ2n) is 2.98. The van der Waals surface area contributed by atoms with E-state index in [0.717, 1.165) is 0 Å². The second-order valence-corrected chi connectivity index (χ2v) is 4.95. The molecular weight excluding hydrogens is 208 g/mol. The molecule has 0 unspecified atom stereocenters. The van der Waals surface area contributed by atoms with Crippen LogP contribution in [0, 0.1) is 0 Å². The Hall–Kier alpha value is -0.660. The number of nitrogens with one attached hydrogen (secondary N) is 1. The number of methoxy groups -OCH3 is 1. The molecular formula is C7H14N2O4S. The van der Waals surface area contributed by atoms with Crippen molar-refractivity contribution >= 4 is 16.0 Å². The van der Waals surface area contributed by atoms with Crippen LogP contribution in [0.2, 0.25) is 0 Å². The van der Waals surface area contributed by atoms with Gasteiger partial charge in [0.2, 0.25) is 10.0 Å². The minimum absolute atomic E-state index is 0.416. The smallest absolute Gasteiger partial charge is 0.322 e. The SMILES string of the molecule is COC(=O)CS(=O)(=O)N1CCNCC1. The van der Waals surface area contributed by atoms with Crippen LogP contribution in [0.3, 0.4) is 0 Å². The van der Waals surface area contributed by atoms with E-state index in [1.165, 1.54) is 11.4 Å². The van der Waals surface area contributed by atoms with Gasteiger partial charge in [0, 0.05) is 26.2 Å². The third-order valence-electron chi connectivity index (χ3n) is 2.00. The first-order valence-electron chi connectivity index (χ1n) is 4.31. The average molecular weight is 222 g/mol. The quantitative estimate of drug-likeness (QED) is 0.582. The molecule has 0 atom stereocenters. The van der Waals surface area contributed by atoms with Crippen LogP contribution in [0.25, 0.3) is 0 Å². The molecule has 0 amide bonds. The molecule has 1 rings (SSSR count). The van der Waals surface area contributed by atoms with Gasteiger partial charge in [-0.25, -0.2) is 8.42 Å². The first-order valence-corrected chi connectivity index (χ1v) is 5.92. The highest BCUT2D eigenvalue weighted by Gasteiger charge is 2.26. The fourth-order valence-corrected chi connectivity index (χ4v) is 2.56. The Morgan fingerprint density at radius 2 is 2.00 bits per heavy atom. The molecule has 0 spiro atoms. The van der Waals surface area contributed by atoms with Crippen molar-refractivity contribution in [2.75, 3.05) is 39.0 Å². The van der Waals surface area contributed by atoms with Gasteiger partial charge in [0.25, 0.3) is 0 Å². The summed E-state index contributed by atoms with van der Waals surface area (Å²) in [6.07, 6.45) is 0. The van der Waals surface area contributed by atoms with E-state index in [0.29, 0.717) is 26.2 Å². The lowest BCUT2D eigenvalue weighted by Gasteiger charge is -2.25.